The molecule has 2 aromatic rings. The average Bonchev–Trinajstić information content (AvgIpc) is 2.68. The Morgan fingerprint density at radius 3 is 2.36 bits per heavy atom. The van der Waals surface area contributed by atoms with E-state index in [9.17, 15) is 14.7 Å². The number of carbonyl (C=O) groups excluding carboxylic acids is 1. The van der Waals surface area contributed by atoms with Crippen molar-refractivity contribution in [2.75, 3.05) is 13.2 Å². The number of carbonyl (C=O) groups is 2. The van der Waals surface area contributed by atoms with Gasteiger partial charge in [-0.15, -0.1) is 0 Å². The lowest BCUT2D eigenvalue weighted by atomic mass is 10.1. The first-order chi connectivity index (χ1) is 13.5. The Morgan fingerprint density at radius 1 is 1.07 bits per heavy atom. The monoisotopic (exact) mass is 384 g/mol. The summed E-state index contributed by atoms with van der Waals surface area (Å²) in [5, 5.41) is 12.0. The van der Waals surface area contributed by atoms with E-state index in [4.69, 9.17) is 16.2 Å². The largest absolute Gasteiger partial charge is 0.494 e. The third kappa shape index (κ3) is 6.99. The molecule has 148 valence electrons. The minimum atomic E-state index is -1.09. The van der Waals surface area contributed by atoms with E-state index in [2.05, 4.69) is 10.3 Å². The van der Waals surface area contributed by atoms with E-state index in [1.54, 1.807) is 54.6 Å². The maximum atomic E-state index is 12.2. The second-order valence-electron chi connectivity index (χ2n) is 6.09. The summed E-state index contributed by atoms with van der Waals surface area (Å²) >= 11 is 0. The van der Waals surface area contributed by atoms with Crippen LogP contribution >= 0.6 is 0 Å². The molecule has 6 N–H and O–H groups in total. The molecule has 0 spiro atoms. The standard InChI is InChI=1S/C20H24N4O4/c21-20(22)23-11-4-12-28-16-9-7-14(8-10-16)13-17(19(26)27)24-18(25)15-5-2-1-3-6-15/h1-3,5-10,17H,4,11-13H2,(H,24,25)(H,26,27)(H4,21,22,23)/t17-/m0/s1. The normalized spacial score (nSPS) is 11.3. The van der Waals surface area contributed by atoms with Crippen molar-refractivity contribution in [3.05, 3.63) is 65.7 Å². The summed E-state index contributed by atoms with van der Waals surface area (Å²) in [6.07, 6.45) is 0.838. The maximum Gasteiger partial charge on any atom is 0.326 e. The Labute approximate surface area is 163 Å². The van der Waals surface area contributed by atoms with Gasteiger partial charge >= 0.3 is 5.97 Å². The smallest absolute Gasteiger partial charge is 0.326 e. The number of amides is 1. The van der Waals surface area contributed by atoms with Crippen LogP contribution in [0.4, 0.5) is 0 Å². The summed E-state index contributed by atoms with van der Waals surface area (Å²) in [5.41, 5.74) is 11.7. The van der Waals surface area contributed by atoms with Crippen molar-refractivity contribution in [2.45, 2.75) is 18.9 Å². The molecular weight excluding hydrogens is 360 g/mol. The van der Waals surface area contributed by atoms with Crippen LogP contribution in [0.1, 0.15) is 22.3 Å². The van der Waals surface area contributed by atoms with Crippen molar-refractivity contribution in [3.8, 4) is 5.75 Å². The number of aliphatic imine (C=N–C) groups is 1. The van der Waals surface area contributed by atoms with Crippen LogP contribution in [0.25, 0.3) is 0 Å². The van der Waals surface area contributed by atoms with Crippen molar-refractivity contribution < 1.29 is 19.4 Å². The first-order valence-electron chi connectivity index (χ1n) is 8.81. The number of nitrogens with zero attached hydrogens (tertiary/aromatic N) is 1. The van der Waals surface area contributed by atoms with Crippen LogP contribution in [0.15, 0.2) is 59.6 Å². The Hall–Kier alpha value is -3.55. The number of nitrogens with one attached hydrogen (secondary N) is 1. The van der Waals surface area contributed by atoms with Crippen molar-refractivity contribution in [3.63, 3.8) is 0 Å². The average molecular weight is 384 g/mol. The highest BCUT2D eigenvalue weighted by atomic mass is 16.5. The van der Waals surface area contributed by atoms with Gasteiger partial charge in [-0.3, -0.25) is 9.79 Å². The Kier molecular flexibility index (Phi) is 7.83. The third-order valence-corrected chi connectivity index (χ3v) is 3.87. The van der Waals surface area contributed by atoms with Gasteiger partial charge in [0.05, 0.1) is 6.61 Å². The fourth-order valence-corrected chi connectivity index (χ4v) is 2.45. The number of aliphatic carboxylic acids is 1. The zero-order valence-corrected chi connectivity index (χ0v) is 15.4. The number of carboxylic acids is 1. The Morgan fingerprint density at radius 2 is 1.75 bits per heavy atom. The van der Waals surface area contributed by atoms with Crippen LogP contribution in [-0.4, -0.2) is 42.1 Å². The molecule has 0 aliphatic rings. The van der Waals surface area contributed by atoms with Gasteiger partial charge in [0.1, 0.15) is 11.8 Å². The van der Waals surface area contributed by atoms with E-state index >= 15 is 0 Å². The van der Waals surface area contributed by atoms with Crippen molar-refractivity contribution in [1.82, 2.24) is 5.32 Å². The predicted molar refractivity (Wildman–Crippen MR) is 106 cm³/mol. The molecule has 8 heteroatoms. The number of benzene rings is 2. The lowest BCUT2D eigenvalue weighted by Crippen LogP contribution is -2.42. The molecule has 8 nitrogen and oxygen atoms in total. The lowest BCUT2D eigenvalue weighted by molar-refractivity contribution is -0.139. The lowest BCUT2D eigenvalue weighted by Gasteiger charge is -2.15. The molecule has 1 atom stereocenters. The van der Waals surface area contributed by atoms with Gasteiger partial charge in [-0.05, 0) is 29.8 Å². The zero-order valence-electron chi connectivity index (χ0n) is 15.4. The van der Waals surface area contributed by atoms with E-state index in [0.29, 0.717) is 30.9 Å². The van der Waals surface area contributed by atoms with Gasteiger partial charge in [0, 0.05) is 24.9 Å². The number of guanidine groups is 1. The van der Waals surface area contributed by atoms with Gasteiger partial charge in [0.15, 0.2) is 5.96 Å². The molecule has 0 aliphatic heterocycles. The summed E-state index contributed by atoms with van der Waals surface area (Å²) in [7, 11) is 0. The van der Waals surface area contributed by atoms with Crippen molar-refractivity contribution >= 4 is 17.8 Å². The molecule has 28 heavy (non-hydrogen) atoms. The van der Waals surface area contributed by atoms with E-state index in [1.807, 2.05) is 0 Å². The predicted octanol–water partition coefficient (Wildman–Crippen LogP) is 1.15. The summed E-state index contributed by atoms with van der Waals surface area (Å²) in [4.78, 5) is 27.6. The molecule has 0 fully saturated rings. The Bertz CT molecular complexity index is 803. The number of rotatable bonds is 10. The highest BCUT2D eigenvalue weighted by molar-refractivity contribution is 5.96. The maximum absolute atomic E-state index is 12.2. The molecule has 0 radical (unpaired) electrons. The SMILES string of the molecule is NC(N)=NCCCOc1ccc(C[C@H](NC(=O)c2ccccc2)C(=O)O)cc1. The highest BCUT2D eigenvalue weighted by Gasteiger charge is 2.21. The fourth-order valence-electron chi connectivity index (χ4n) is 2.45. The number of ether oxygens (including phenoxy) is 1. The van der Waals surface area contributed by atoms with Crippen LogP contribution < -0.4 is 21.5 Å². The summed E-state index contributed by atoms with van der Waals surface area (Å²) in [5.74, 6) is -0.802. The molecule has 0 saturated carbocycles. The molecule has 0 saturated heterocycles. The summed E-state index contributed by atoms with van der Waals surface area (Å²) in [6.45, 7) is 0.947. The summed E-state index contributed by atoms with van der Waals surface area (Å²) < 4.78 is 5.58. The molecule has 0 bridgehead atoms. The van der Waals surface area contributed by atoms with Crippen LogP contribution in [0.5, 0.6) is 5.75 Å². The van der Waals surface area contributed by atoms with Gasteiger partial charge < -0.3 is 26.6 Å². The first kappa shape index (κ1) is 20.8. The van der Waals surface area contributed by atoms with Crippen LogP contribution in [0.2, 0.25) is 0 Å². The Balaban J connectivity index is 1.88. The fraction of sp³-hybridized carbons (Fsp3) is 0.250. The second kappa shape index (κ2) is 10.6. The van der Waals surface area contributed by atoms with Gasteiger partial charge in [0.2, 0.25) is 0 Å². The number of nitrogens with two attached hydrogens (primary N) is 2. The molecule has 0 aromatic heterocycles. The van der Waals surface area contributed by atoms with E-state index in [0.717, 1.165) is 5.56 Å². The quantitative estimate of drug-likeness (QED) is 0.275. The molecular formula is C20H24N4O4. The molecule has 1 amide bonds. The number of carboxylic acid groups (broad SMARTS) is 1. The third-order valence-electron chi connectivity index (χ3n) is 3.87. The topological polar surface area (TPSA) is 140 Å². The number of hydrogen-bond donors (Lipinski definition) is 4. The minimum absolute atomic E-state index is 0.0525. The highest BCUT2D eigenvalue weighted by Crippen LogP contribution is 2.14. The van der Waals surface area contributed by atoms with Gasteiger partial charge in [0.25, 0.3) is 5.91 Å². The van der Waals surface area contributed by atoms with E-state index in [1.165, 1.54) is 0 Å². The minimum Gasteiger partial charge on any atom is -0.494 e. The molecule has 0 aliphatic carbocycles. The molecule has 0 unspecified atom stereocenters. The van der Waals surface area contributed by atoms with Crippen LogP contribution in [0.3, 0.4) is 0 Å². The van der Waals surface area contributed by atoms with Crippen molar-refractivity contribution in [2.24, 2.45) is 16.5 Å². The van der Waals surface area contributed by atoms with E-state index < -0.39 is 17.9 Å². The van der Waals surface area contributed by atoms with E-state index in [-0.39, 0.29) is 12.4 Å². The second-order valence-corrected chi connectivity index (χ2v) is 6.09. The van der Waals surface area contributed by atoms with Crippen LogP contribution in [-0.2, 0) is 11.2 Å². The van der Waals surface area contributed by atoms with Gasteiger partial charge in [-0.1, -0.05) is 30.3 Å². The van der Waals surface area contributed by atoms with Gasteiger partial charge in [-0.25, -0.2) is 4.79 Å². The van der Waals surface area contributed by atoms with Crippen LogP contribution in [0, 0.1) is 0 Å². The number of hydrogen-bond acceptors (Lipinski definition) is 4. The molecule has 2 rings (SSSR count). The molecule has 0 heterocycles. The first-order valence-corrected chi connectivity index (χ1v) is 8.81. The molecule has 2 aromatic carbocycles. The van der Waals surface area contributed by atoms with Gasteiger partial charge in [-0.2, -0.15) is 0 Å². The summed E-state index contributed by atoms with van der Waals surface area (Å²) in [6, 6.07) is 14.5. The zero-order chi connectivity index (χ0) is 20.4. The van der Waals surface area contributed by atoms with Crippen molar-refractivity contribution in [1.29, 1.82) is 0 Å².